The van der Waals surface area contributed by atoms with Gasteiger partial charge in [0.1, 0.15) is 0 Å². The van der Waals surface area contributed by atoms with E-state index in [9.17, 15) is 9.59 Å². The fourth-order valence-corrected chi connectivity index (χ4v) is 2.73. The first-order valence-corrected chi connectivity index (χ1v) is 7.41. The van der Waals surface area contributed by atoms with E-state index < -0.39 is 0 Å². The number of nitrogens with zero attached hydrogens (tertiary/aromatic N) is 1. The van der Waals surface area contributed by atoms with Gasteiger partial charge in [-0.1, -0.05) is 17.7 Å². The molecule has 1 heterocycles. The third-order valence-electron chi connectivity index (χ3n) is 3.75. The molecule has 3 N–H and O–H groups in total. The maximum absolute atomic E-state index is 12.1. The number of anilines is 1. The highest BCUT2D eigenvalue weighted by molar-refractivity contribution is 6.31. The van der Waals surface area contributed by atoms with E-state index in [0.717, 1.165) is 30.6 Å². The van der Waals surface area contributed by atoms with Crippen molar-refractivity contribution < 1.29 is 9.59 Å². The normalized spacial score (nSPS) is 19.2. The number of primary amides is 1. The van der Waals surface area contributed by atoms with Crippen LogP contribution in [0.15, 0.2) is 18.2 Å². The van der Waals surface area contributed by atoms with Gasteiger partial charge < -0.3 is 11.1 Å². The summed E-state index contributed by atoms with van der Waals surface area (Å²) in [6, 6.07) is 5.38. The zero-order valence-corrected chi connectivity index (χ0v) is 12.8. The lowest BCUT2D eigenvalue weighted by atomic mass is 9.97. The van der Waals surface area contributed by atoms with Crippen LogP contribution in [0.1, 0.15) is 18.4 Å². The predicted molar refractivity (Wildman–Crippen MR) is 83.2 cm³/mol. The number of hydrogen-bond acceptors (Lipinski definition) is 3. The van der Waals surface area contributed by atoms with E-state index in [1.54, 1.807) is 12.1 Å². The summed E-state index contributed by atoms with van der Waals surface area (Å²) in [5, 5.41) is 3.45. The summed E-state index contributed by atoms with van der Waals surface area (Å²) in [6.45, 7) is 3.54. The highest BCUT2D eigenvalue weighted by atomic mass is 35.5. The predicted octanol–water partition coefficient (Wildman–Crippen LogP) is 1.78. The highest BCUT2D eigenvalue weighted by Gasteiger charge is 2.25. The van der Waals surface area contributed by atoms with E-state index in [2.05, 4.69) is 5.32 Å². The van der Waals surface area contributed by atoms with Crippen molar-refractivity contribution in [1.82, 2.24) is 4.90 Å². The Balaban J connectivity index is 1.92. The molecule has 1 fully saturated rings. The topological polar surface area (TPSA) is 75.4 Å². The maximum Gasteiger partial charge on any atom is 0.238 e. The smallest absolute Gasteiger partial charge is 0.238 e. The van der Waals surface area contributed by atoms with E-state index in [1.807, 2.05) is 17.9 Å². The lowest BCUT2D eigenvalue weighted by Gasteiger charge is -2.30. The summed E-state index contributed by atoms with van der Waals surface area (Å²) in [5.41, 5.74) is 7.02. The molecule has 0 bridgehead atoms. The van der Waals surface area contributed by atoms with E-state index in [0.29, 0.717) is 11.6 Å². The average Bonchev–Trinajstić information content (AvgIpc) is 2.43. The number of carbonyl (C=O) groups is 2. The molecular weight excluding hydrogens is 290 g/mol. The molecule has 0 aromatic heterocycles. The van der Waals surface area contributed by atoms with Gasteiger partial charge in [0, 0.05) is 17.3 Å². The van der Waals surface area contributed by atoms with Gasteiger partial charge >= 0.3 is 0 Å². The molecule has 0 saturated carbocycles. The molecule has 1 aliphatic rings. The lowest BCUT2D eigenvalue weighted by Crippen LogP contribution is -2.44. The van der Waals surface area contributed by atoms with Crippen molar-refractivity contribution in [2.45, 2.75) is 19.8 Å². The molecule has 1 unspecified atom stereocenters. The van der Waals surface area contributed by atoms with Crippen LogP contribution in [-0.2, 0) is 9.59 Å². The summed E-state index contributed by atoms with van der Waals surface area (Å²) >= 11 is 5.93. The van der Waals surface area contributed by atoms with Crippen molar-refractivity contribution in [1.29, 1.82) is 0 Å². The summed E-state index contributed by atoms with van der Waals surface area (Å²) in [4.78, 5) is 25.3. The molecule has 0 aliphatic carbocycles. The monoisotopic (exact) mass is 309 g/mol. The van der Waals surface area contributed by atoms with Crippen LogP contribution in [0.3, 0.4) is 0 Å². The molecule has 0 radical (unpaired) electrons. The minimum absolute atomic E-state index is 0.106. The van der Waals surface area contributed by atoms with Gasteiger partial charge in [-0.3, -0.25) is 14.5 Å². The Kier molecular flexibility index (Phi) is 5.20. The average molecular weight is 310 g/mol. The van der Waals surface area contributed by atoms with Crippen LogP contribution in [0.4, 0.5) is 5.69 Å². The largest absolute Gasteiger partial charge is 0.369 e. The Morgan fingerprint density at radius 1 is 1.48 bits per heavy atom. The molecule has 21 heavy (non-hydrogen) atoms. The molecule has 0 spiro atoms. The first kappa shape index (κ1) is 15.8. The Hall–Kier alpha value is -1.59. The van der Waals surface area contributed by atoms with Crippen LogP contribution < -0.4 is 11.1 Å². The SMILES string of the molecule is Cc1ccc(Cl)cc1NC(=O)CN1CCCC(C(N)=O)C1. The van der Waals surface area contributed by atoms with Crippen LogP contribution in [0.5, 0.6) is 0 Å². The quantitative estimate of drug-likeness (QED) is 0.890. The summed E-state index contributed by atoms with van der Waals surface area (Å²) in [7, 11) is 0. The van der Waals surface area contributed by atoms with Gasteiger partial charge in [0.2, 0.25) is 11.8 Å². The fourth-order valence-electron chi connectivity index (χ4n) is 2.55. The number of aryl methyl sites for hydroxylation is 1. The van der Waals surface area contributed by atoms with Crippen molar-refractivity contribution in [3.63, 3.8) is 0 Å². The van der Waals surface area contributed by atoms with Gasteiger partial charge in [-0.15, -0.1) is 0 Å². The molecule has 1 aliphatic heterocycles. The Morgan fingerprint density at radius 3 is 2.95 bits per heavy atom. The van der Waals surface area contributed by atoms with E-state index >= 15 is 0 Å². The number of piperidine rings is 1. The fraction of sp³-hybridized carbons (Fsp3) is 0.467. The molecule has 1 saturated heterocycles. The van der Waals surface area contributed by atoms with Crippen molar-refractivity contribution in [3.8, 4) is 0 Å². The maximum atomic E-state index is 12.1. The Morgan fingerprint density at radius 2 is 2.24 bits per heavy atom. The van der Waals surface area contributed by atoms with Gasteiger partial charge in [0.05, 0.1) is 12.5 Å². The van der Waals surface area contributed by atoms with Gasteiger partial charge in [-0.2, -0.15) is 0 Å². The zero-order valence-electron chi connectivity index (χ0n) is 12.1. The van der Waals surface area contributed by atoms with Gasteiger partial charge in [0.25, 0.3) is 0 Å². The molecular formula is C15H20ClN3O2. The third-order valence-corrected chi connectivity index (χ3v) is 3.98. The van der Waals surface area contributed by atoms with Crippen molar-refractivity contribution >= 4 is 29.1 Å². The summed E-state index contributed by atoms with van der Waals surface area (Å²) in [6.07, 6.45) is 1.69. The van der Waals surface area contributed by atoms with Gasteiger partial charge in [0.15, 0.2) is 0 Å². The molecule has 1 aromatic rings. The Bertz CT molecular complexity index is 548. The van der Waals surface area contributed by atoms with Crippen LogP contribution in [0, 0.1) is 12.8 Å². The second-order valence-corrected chi connectivity index (χ2v) is 5.92. The number of carbonyl (C=O) groups excluding carboxylic acids is 2. The highest BCUT2D eigenvalue weighted by Crippen LogP contribution is 2.20. The molecule has 6 heteroatoms. The van der Waals surface area contributed by atoms with Crippen LogP contribution in [0.2, 0.25) is 5.02 Å². The van der Waals surface area contributed by atoms with Crippen LogP contribution >= 0.6 is 11.6 Å². The summed E-state index contributed by atoms with van der Waals surface area (Å²) in [5.74, 6) is -0.546. The first-order chi connectivity index (χ1) is 9.95. The van der Waals surface area contributed by atoms with Crippen LogP contribution in [0.25, 0.3) is 0 Å². The molecule has 1 atom stereocenters. The zero-order chi connectivity index (χ0) is 15.4. The molecule has 5 nitrogen and oxygen atoms in total. The minimum Gasteiger partial charge on any atom is -0.369 e. The number of halogens is 1. The van der Waals surface area contributed by atoms with Gasteiger partial charge in [-0.05, 0) is 44.0 Å². The molecule has 2 rings (SSSR count). The van der Waals surface area contributed by atoms with Crippen molar-refractivity contribution in [2.24, 2.45) is 11.7 Å². The van der Waals surface area contributed by atoms with Gasteiger partial charge in [-0.25, -0.2) is 0 Å². The number of nitrogens with one attached hydrogen (secondary N) is 1. The van der Waals surface area contributed by atoms with E-state index in [1.165, 1.54) is 0 Å². The number of amides is 2. The molecule has 2 amide bonds. The van der Waals surface area contributed by atoms with Crippen molar-refractivity contribution in [3.05, 3.63) is 28.8 Å². The number of nitrogens with two attached hydrogens (primary N) is 1. The first-order valence-electron chi connectivity index (χ1n) is 7.03. The molecule has 1 aromatic carbocycles. The number of likely N-dealkylation sites (tertiary alicyclic amines) is 1. The Labute approximate surface area is 129 Å². The minimum atomic E-state index is -0.286. The standard InChI is InChI=1S/C15H20ClN3O2/c1-10-4-5-12(16)7-13(10)18-14(20)9-19-6-2-3-11(8-19)15(17)21/h4-5,7,11H,2-3,6,8-9H2,1H3,(H2,17,21)(H,18,20). The third kappa shape index (κ3) is 4.44. The molecule has 114 valence electrons. The second-order valence-electron chi connectivity index (χ2n) is 5.48. The number of benzene rings is 1. The summed E-state index contributed by atoms with van der Waals surface area (Å²) < 4.78 is 0. The number of hydrogen-bond donors (Lipinski definition) is 2. The van der Waals surface area contributed by atoms with Crippen molar-refractivity contribution in [2.75, 3.05) is 25.0 Å². The lowest BCUT2D eigenvalue weighted by molar-refractivity contribution is -0.125. The van der Waals surface area contributed by atoms with E-state index in [4.69, 9.17) is 17.3 Å². The van der Waals surface area contributed by atoms with E-state index in [-0.39, 0.29) is 24.3 Å². The second kappa shape index (κ2) is 6.91. The number of rotatable bonds is 4. The van der Waals surface area contributed by atoms with Crippen LogP contribution in [-0.4, -0.2) is 36.3 Å².